The lowest BCUT2D eigenvalue weighted by atomic mass is 9.57. The van der Waals surface area contributed by atoms with E-state index in [-0.39, 0.29) is 17.9 Å². The largest absolute Gasteiger partial charge is 0.352 e. The van der Waals surface area contributed by atoms with Gasteiger partial charge in [0.15, 0.2) is 11.9 Å². The minimum atomic E-state index is -0.754. The fourth-order valence-electron chi connectivity index (χ4n) is 6.47. The Morgan fingerprint density at radius 3 is 2.71 bits per heavy atom. The molecule has 1 saturated carbocycles. The number of amides is 1. The van der Waals surface area contributed by atoms with Crippen LogP contribution in [0.4, 0.5) is 0 Å². The van der Waals surface area contributed by atoms with Gasteiger partial charge in [0, 0.05) is 25.3 Å². The summed E-state index contributed by atoms with van der Waals surface area (Å²) in [6.07, 6.45) is 4.81. The maximum Gasteiger partial charge on any atom is 0.220 e. The molecule has 1 spiro atoms. The summed E-state index contributed by atoms with van der Waals surface area (Å²) in [6, 6.07) is 9.99. The quantitative estimate of drug-likeness (QED) is 0.706. The number of benzene rings is 1. The average molecular weight is 430 g/mol. The summed E-state index contributed by atoms with van der Waals surface area (Å²) < 4.78 is 13.0. The van der Waals surface area contributed by atoms with Crippen molar-refractivity contribution in [3.63, 3.8) is 0 Å². The number of nitrogens with one attached hydrogen (secondary N) is 1. The maximum atomic E-state index is 12.5. The monoisotopic (exact) mass is 429 g/mol. The van der Waals surface area contributed by atoms with Gasteiger partial charge < -0.3 is 14.8 Å². The number of hydrogen-bond acceptors (Lipinski definition) is 5. The molecule has 4 heterocycles. The van der Waals surface area contributed by atoms with Gasteiger partial charge in [0.25, 0.3) is 0 Å². The fourth-order valence-corrected chi connectivity index (χ4v) is 6.47. The van der Waals surface area contributed by atoms with Crippen molar-refractivity contribution in [3.8, 4) is 0 Å². The van der Waals surface area contributed by atoms with E-state index in [2.05, 4.69) is 19.2 Å². The fraction of sp³-hybridized carbons (Fsp3) is 0.720. The molecule has 6 heteroatoms. The van der Waals surface area contributed by atoms with Crippen molar-refractivity contribution in [2.75, 3.05) is 0 Å². The Kier molecular flexibility index (Phi) is 5.62. The van der Waals surface area contributed by atoms with Gasteiger partial charge in [-0.1, -0.05) is 44.2 Å². The van der Waals surface area contributed by atoms with Crippen molar-refractivity contribution >= 4 is 5.91 Å². The van der Waals surface area contributed by atoms with Gasteiger partial charge in [-0.3, -0.25) is 4.79 Å². The maximum absolute atomic E-state index is 12.5. The highest BCUT2D eigenvalue weighted by molar-refractivity contribution is 5.75. The third-order valence-electron chi connectivity index (χ3n) is 8.28. The third kappa shape index (κ3) is 3.71. The molecule has 4 saturated heterocycles. The Hall–Kier alpha value is -1.47. The predicted octanol–water partition coefficient (Wildman–Crippen LogP) is 4.33. The van der Waals surface area contributed by atoms with E-state index >= 15 is 0 Å². The zero-order valence-electron chi connectivity index (χ0n) is 18.8. The summed E-state index contributed by atoms with van der Waals surface area (Å²) in [5, 5.41) is 3.03. The third-order valence-corrected chi connectivity index (χ3v) is 8.28. The zero-order chi connectivity index (χ0) is 21.6. The van der Waals surface area contributed by atoms with Crippen LogP contribution >= 0.6 is 0 Å². The summed E-state index contributed by atoms with van der Waals surface area (Å²) in [7, 11) is 0. The van der Waals surface area contributed by atoms with Gasteiger partial charge in [-0.25, -0.2) is 9.78 Å². The van der Waals surface area contributed by atoms with Crippen LogP contribution in [-0.4, -0.2) is 29.7 Å². The SMILES string of the molecule is C[C@@H]1CCC2[C@@H](C)[C@@H](CCC(=O)NCc3ccccc3)O[C@@H]3O[C@]4(C)CC[C@@H]1[C@@]23OO4. The van der Waals surface area contributed by atoms with Gasteiger partial charge in [-0.05, 0) is 55.9 Å². The van der Waals surface area contributed by atoms with Crippen LogP contribution in [0, 0.1) is 23.7 Å². The van der Waals surface area contributed by atoms with Crippen LogP contribution in [0.3, 0.4) is 0 Å². The smallest absolute Gasteiger partial charge is 0.220 e. The topological polar surface area (TPSA) is 66.0 Å². The predicted molar refractivity (Wildman–Crippen MR) is 114 cm³/mol. The first kappa shape index (κ1) is 21.4. The van der Waals surface area contributed by atoms with Crippen LogP contribution in [0.1, 0.15) is 64.9 Å². The average Bonchev–Trinajstić information content (AvgIpc) is 3.00. The number of rotatable bonds is 5. The summed E-state index contributed by atoms with van der Waals surface area (Å²) >= 11 is 0. The molecule has 1 unspecified atom stereocenters. The van der Waals surface area contributed by atoms with E-state index in [0.29, 0.717) is 37.1 Å². The van der Waals surface area contributed by atoms with Crippen molar-refractivity contribution in [3.05, 3.63) is 35.9 Å². The summed E-state index contributed by atoms with van der Waals surface area (Å²) in [5.74, 6) is 0.830. The zero-order valence-corrected chi connectivity index (χ0v) is 18.8. The molecule has 1 aromatic rings. The second-order valence-electron chi connectivity index (χ2n) is 10.2. The molecular weight excluding hydrogens is 394 g/mol. The van der Waals surface area contributed by atoms with Crippen LogP contribution in [0.25, 0.3) is 0 Å². The summed E-state index contributed by atoms with van der Waals surface area (Å²) in [6.45, 7) is 7.08. The molecule has 6 rings (SSSR count). The molecule has 2 bridgehead atoms. The number of carbonyl (C=O) groups is 1. The molecule has 6 nitrogen and oxygen atoms in total. The molecule has 170 valence electrons. The van der Waals surface area contributed by atoms with Crippen molar-refractivity contribution in [2.45, 2.75) is 89.6 Å². The van der Waals surface area contributed by atoms with Crippen LogP contribution in [-0.2, 0) is 30.6 Å². The van der Waals surface area contributed by atoms with Gasteiger partial charge in [0.1, 0.15) is 0 Å². The molecule has 0 aromatic heterocycles. The number of hydrogen-bond donors (Lipinski definition) is 1. The van der Waals surface area contributed by atoms with Gasteiger partial charge in [0.2, 0.25) is 11.7 Å². The molecule has 1 amide bonds. The van der Waals surface area contributed by atoms with Gasteiger partial charge in [-0.15, -0.1) is 0 Å². The number of fused-ring (bicyclic) bond motifs is 2. The molecule has 5 aliphatic rings. The molecule has 5 fully saturated rings. The Morgan fingerprint density at radius 1 is 1.10 bits per heavy atom. The van der Waals surface area contributed by atoms with Crippen LogP contribution in [0.2, 0.25) is 0 Å². The van der Waals surface area contributed by atoms with Gasteiger partial charge in [0.05, 0.1) is 6.10 Å². The van der Waals surface area contributed by atoms with Gasteiger partial charge >= 0.3 is 0 Å². The Balaban J connectivity index is 1.27. The molecular formula is C25H35NO5. The number of carbonyl (C=O) groups excluding carboxylic acids is 1. The Bertz CT molecular complexity index is 802. The standard InChI is InChI=1S/C25H35NO5/c1-16-9-10-20-17(2)21(11-12-22(27)26-15-18-7-5-4-6-8-18)28-23-25(20)19(16)13-14-24(3,29-23)30-31-25/h4-8,16-17,19-21,23H,9-15H2,1-3H3,(H,26,27)/t16-,17-,19+,20?,21-,23-,24+,25-/m1/s1. The molecule has 1 N–H and O–H groups in total. The minimum absolute atomic E-state index is 0.0243. The molecule has 1 aromatic carbocycles. The van der Waals surface area contributed by atoms with E-state index in [1.165, 1.54) is 6.42 Å². The van der Waals surface area contributed by atoms with E-state index in [9.17, 15) is 4.79 Å². The Labute approximate surface area is 184 Å². The van der Waals surface area contributed by atoms with Crippen molar-refractivity contribution < 1.29 is 24.0 Å². The first-order valence-electron chi connectivity index (χ1n) is 11.9. The normalized spacial score (nSPS) is 43.7. The molecule has 8 atom stereocenters. The second-order valence-corrected chi connectivity index (χ2v) is 10.2. The first-order valence-corrected chi connectivity index (χ1v) is 11.9. The van der Waals surface area contributed by atoms with Crippen molar-refractivity contribution in [2.24, 2.45) is 23.7 Å². The number of ether oxygens (including phenoxy) is 2. The Morgan fingerprint density at radius 2 is 1.90 bits per heavy atom. The van der Waals surface area contributed by atoms with E-state index < -0.39 is 17.7 Å². The second kappa shape index (κ2) is 8.14. The van der Waals surface area contributed by atoms with E-state index in [1.54, 1.807) is 0 Å². The highest BCUT2D eigenvalue weighted by Crippen LogP contribution is 2.60. The van der Waals surface area contributed by atoms with Crippen LogP contribution in [0.5, 0.6) is 0 Å². The van der Waals surface area contributed by atoms with Crippen LogP contribution in [0.15, 0.2) is 30.3 Å². The molecule has 4 aliphatic heterocycles. The summed E-state index contributed by atoms with van der Waals surface area (Å²) in [4.78, 5) is 24.6. The molecule has 0 radical (unpaired) electrons. The van der Waals surface area contributed by atoms with E-state index in [0.717, 1.165) is 24.8 Å². The lowest BCUT2D eigenvalue weighted by Gasteiger charge is -2.60. The molecule has 1 aliphatic carbocycles. The highest BCUT2D eigenvalue weighted by atomic mass is 17.3. The summed E-state index contributed by atoms with van der Waals surface area (Å²) in [5.41, 5.74) is 0.579. The molecule has 31 heavy (non-hydrogen) atoms. The lowest BCUT2D eigenvalue weighted by Crippen LogP contribution is -2.70. The van der Waals surface area contributed by atoms with Crippen molar-refractivity contribution in [1.29, 1.82) is 0 Å². The highest BCUT2D eigenvalue weighted by Gasteiger charge is 2.69. The lowest BCUT2D eigenvalue weighted by molar-refractivity contribution is -0.571. The van der Waals surface area contributed by atoms with Crippen LogP contribution < -0.4 is 5.32 Å². The van der Waals surface area contributed by atoms with E-state index in [4.69, 9.17) is 19.2 Å². The first-order chi connectivity index (χ1) is 14.9. The van der Waals surface area contributed by atoms with Crippen molar-refractivity contribution in [1.82, 2.24) is 5.32 Å². The van der Waals surface area contributed by atoms with Gasteiger partial charge in [-0.2, -0.15) is 0 Å². The minimum Gasteiger partial charge on any atom is -0.352 e. The van der Waals surface area contributed by atoms with E-state index in [1.807, 2.05) is 37.3 Å².